The van der Waals surface area contributed by atoms with Crippen LogP contribution in [0, 0.1) is 6.92 Å². The van der Waals surface area contributed by atoms with Crippen LogP contribution >= 0.6 is 0 Å². The predicted molar refractivity (Wildman–Crippen MR) is 53.6 cm³/mol. The van der Waals surface area contributed by atoms with Crippen LogP contribution in [0.4, 0.5) is 0 Å². The third-order valence-corrected chi connectivity index (χ3v) is 2.84. The number of H-pyrrole nitrogens is 1. The lowest BCUT2D eigenvalue weighted by Crippen LogP contribution is -2.17. The van der Waals surface area contributed by atoms with Crippen molar-refractivity contribution in [1.82, 2.24) is 10.3 Å². The molecule has 0 fully saturated rings. The summed E-state index contributed by atoms with van der Waals surface area (Å²) in [6.07, 6.45) is 2.12. The summed E-state index contributed by atoms with van der Waals surface area (Å²) >= 11 is 0. The number of rotatable bonds is 0. The first-order chi connectivity index (χ1) is 6.36. The normalized spacial score (nSPS) is 15.2. The van der Waals surface area contributed by atoms with Crippen LogP contribution in [0.1, 0.15) is 16.7 Å². The van der Waals surface area contributed by atoms with Gasteiger partial charge in [0.2, 0.25) is 0 Å². The van der Waals surface area contributed by atoms with Crippen molar-refractivity contribution >= 4 is 10.9 Å². The SMILES string of the molecule is Cc1ccc2c3c(c[nH]c13)CNC2. The lowest BCUT2D eigenvalue weighted by molar-refractivity contribution is 0.684. The predicted octanol–water partition coefficient (Wildman–Crippen LogP) is 2.08. The van der Waals surface area contributed by atoms with Crippen LogP contribution < -0.4 is 5.32 Å². The molecule has 0 aliphatic carbocycles. The maximum atomic E-state index is 3.39. The molecule has 0 bridgehead atoms. The third-order valence-electron chi connectivity index (χ3n) is 2.84. The number of aromatic nitrogens is 1. The molecule has 66 valence electrons. The fourth-order valence-electron chi connectivity index (χ4n) is 2.15. The van der Waals surface area contributed by atoms with Crippen molar-refractivity contribution in [1.29, 1.82) is 0 Å². The van der Waals surface area contributed by atoms with Crippen LogP contribution in [0.25, 0.3) is 10.9 Å². The molecule has 1 aliphatic heterocycles. The standard InChI is InChI=1S/C11H12N2/c1-7-2-3-8-4-12-5-9-6-13-11(7)10(8)9/h2-3,6,12-13H,4-5H2,1H3. The Balaban J connectivity index is 2.50. The number of nitrogens with one attached hydrogen (secondary N) is 2. The summed E-state index contributed by atoms with van der Waals surface area (Å²) in [6, 6.07) is 4.41. The summed E-state index contributed by atoms with van der Waals surface area (Å²) < 4.78 is 0. The minimum absolute atomic E-state index is 0.996. The van der Waals surface area contributed by atoms with Crippen LogP contribution in [0.15, 0.2) is 18.3 Å². The van der Waals surface area contributed by atoms with Gasteiger partial charge < -0.3 is 10.3 Å². The van der Waals surface area contributed by atoms with E-state index in [-0.39, 0.29) is 0 Å². The Morgan fingerprint density at radius 1 is 1.15 bits per heavy atom. The molecule has 1 aromatic heterocycles. The van der Waals surface area contributed by atoms with Gasteiger partial charge in [-0.1, -0.05) is 12.1 Å². The number of aromatic amines is 1. The molecule has 0 radical (unpaired) electrons. The van der Waals surface area contributed by atoms with E-state index in [4.69, 9.17) is 0 Å². The third kappa shape index (κ3) is 0.864. The molecule has 1 aliphatic rings. The van der Waals surface area contributed by atoms with Gasteiger partial charge >= 0.3 is 0 Å². The van der Waals surface area contributed by atoms with Gasteiger partial charge in [0.05, 0.1) is 0 Å². The average molecular weight is 172 g/mol. The summed E-state index contributed by atoms with van der Waals surface area (Å²) in [5, 5.41) is 4.83. The van der Waals surface area contributed by atoms with Crippen molar-refractivity contribution in [3.63, 3.8) is 0 Å². The van der Waals surface area contributed by atoms with Crippen molar-refractivity contribution in [2.24, 2.45) is 0 Å². The maximum absolute atomic E-state index is 3.39. The molecule has 0 saturated carbocycles. The zero-order valence-electron chi connectivity index (χ0n) is 7.65. The van der Waals surface area contributed by atoms with Gasteiger partial charge in [-0.15, -0.1) is 0 Å². The molecule has 2 aromatic rings. The monoisotopic (exact) mass is 172 g/mol. The minimum atomic E-state index is 0.996. The smallest absolute Gasteiger partial charge is 0.0490 e. The summed E-state index contributed by atoms with van der Waals surface area (Å²) in [4.78, 5) is 3.35. The Bertz CT molecular complexity index is 468. The highest BCUT2D eigenvalue weighted by molar-refractivity contribution is 5.89. The molecule has 2 N–H and O–H groups in total. The van der Waals surface area contributed by atoms with E-state index < -0.39 is 0 Å². The van der Waals surface area contributed by atoms with Crippen molar-refractivity contribution in [3.8, 4) is 0 Å². The highest BCUT2D eigenvalue weighted by atomic mass is 14.9. The zero-order valence-corrected chi connectivity index (χ0v) is 7.65. The Morgan fingerprint density at radius 2 is 2.00 bits per heavy atom. The molecule has 0 amide bonds. The van der Waals surface area contributed by atoms with E-state index >= 15 is 0 Å². The lowest BCUT2D eigenvalue weighted by Gasteiger charge is -2.14. The second-order valence-electron chi connectivity index (χ2n) is 3.71. The van der Waals surface area contributed by atoms with E-state index in [1.165, 1.54) is 27.6 Å². The molecular formula is C11H12N2. The average Bonchev–Trinajstić information content (AvgIpc) is 2.57. The quantitative estimate of drug-likeness (QED) is 0.625. The second kappa shape index (κ2) is 2.36. The molecular weight excluding hydrogens is 160 g/mol. The van der Waals surface area contributed by atoms with E-state index in [0.29, 0.717) is 0 Å². The molecule has 2 heterocycles. The first-order valence-corrected chi connectivity index (χ1v) is 4.65. The van der Waals surface area contributed by atoms with Gasteiger partial charge in [-0.05, 0) is 23.6 Å². The van der Waals surface area contributed by atoms with E-state index in [1.54, 1.807) is 0 Å². The Labute approximate surface area is 77.0 Å². The molecule has 2 nitrogen and oxygen atoms in total. The van der Waals surface area contributed by atoms with Crippen LogP contribution in [-0.2, 0) is 13.1 Å². The highest BCUT2D eigenvalue weighted by Gasteiger charge is 2.13. The molecule has 2 heteroatoms. The first kappa shape index (κ1) is 7.15. The van der Waals surface area contributed by atoms with Gasteiger partial charge in [0.15, 0.2) is 0 Å². The first-order valence-electron chi connectivity index (χ1n) is 4.65. The van der Waals surface area contributed by atoms with Gasteiger partial charge in [-0.3, -0.25) is 0 Å². The van der Waals surface area contributed by atoms with Crippen molar-refractivity contribution in [2.75, 3.05) is 0 Å². The minimum Gasteiger partial charge on any atom is -0.361 e. The molecule has 0 saturated heterocycles. The molecule has 0 unspecified atom stereocenters. The zero-order chi connectivity index (χ0) is 8.84. The van der Waals surface area contributed by atoms with E-state index in [9.17, 15) is 0 Å². The van der Waals surface area contributed by atoms with Crippen molar-refractivity contribution in [3.05, 3.63) is 35.0 Å². The number of benzene rings is 1. The lowest BCUT2D eigenvalue weighted by atomic mass is 10.0. The van der Waals surface area contributed by atoms with Gasteiger partial charge in [-0.2, -0.15) is 0 Å². The fraction of sp³-hybridized carbons (Fsp3) is 0.273. The molecule has 0 spiro atoms. The van der Waals surface area contributed by atoms with Gasteiger partial charge in [0, 0.05) is 30.2 Å². The van der Waals surface area contributed by atoms with E-state index in [1.807, 2.05) is 0 Å². The summed E-state index contributed by atoms with van der Waals surface area (Å²) in [5.41, 5.74) is 5.48. The number of hydrogen-bond donors (Lipinski definition) is 2. The van der Waals surface area contributed by atoms with Crippen LogP contribution in [-0.4, -0.2) is 4.98 Å². The fourth-order valence-corrected chi connectivity index (χ4v) is 2.15. The van der Waals surface area contributed by atoms with Crippen LogP contribution in [0.2, 0.25) is 0 Å². The largest absolute Gasteiger partial charge is 0.361 e. The van der Waals surface area contributed by atoms with Crippen molar-refractivity contribution < 1.29 is 0 Å². The van der Waals surface area contributed by atoms with Crippen LogP contribution in [0.5, 0.6) is 0 Å². The number of aryl methyl sites for hydroxylation is 1. The Hall–Kier alpha value is -1.28. The van der Waals surface area contributed by atoms with E-state index in [0.717, 1.165) is 13.1 Å². The van der Waals surface area contributed by atoms with E-state index in [2.05, 4.69) is 35.6 Å². The molecule has 13 heavy (non-hydrogen) atoms. The van der Waals surface area contributed by atoms with Gasteiger partial charge in [0.25, 0.3) is 0 Å². The second-order valence-corrected chi connectivity index (χ2v) is 3.71. The van der Waals surface area contributed by atoms with Crippen molar-refractivity contribution in [2.45, 2.75) is 20.0 Å². The molecule has 1 aromatic carbocycles. The van der Waals surface area contributed by atoms with Crippen LogP contribution in [0.3, 0.4) is 0 Å². The van der Waals surface area contributed by atoms with Gasteiger partial charge in [0.1, 0.15) is 0 Å². The van der Waals surface area contributed by atoms with Gasteiger partial charge in [-0.25, -0.2) is 0 Å². The molecule has 3 rings (SSSR count). The summed E-state index contributed by atoms with van der Waals surface area (Å²) in [5.74, 6) is 0. The Kier molecular flexibility index (Phi) is 1.30. The summed E-state index contributed by atoms with van der Waals surface area (Å²) in [7, 11) is 0. The summed E-state index contributed by atoms with van der Waals surface area (Å²) in [6.45, 7) is 4.15. The molecule has 0 atom stereocenters. The maximum Gasteiger partial charge on any atom is 0.0490 e. The number of hydrogen-bond acceptors (Lipinski definition) is 1. The Morgan fingerprint density at radius 3 is 2.92 bits per heavy atom. The topological polar surface area (TPSA) is 27.8 Å². The highest BCUT2D eigenvalue weighted by Crippen LogP contribution is 2.27.